The second-order valence-corrected chi connectivity index (χ2v) is 11.0. The summed E-state index contributed by atoms with van der Waals surface area (Å²) < 4.78 is 28.3. The Morgan fingerprint density at radius 1 is 1.09 bits per heavy atom. The Hall–Kier alpha value is -0.340. The lowest BCUT2D eigenvalue weighted by molar-refractivity contribution is 0.429. The second kappa shape index (κ2) is 7.05. The predicted octanol–water partition coefficient (Wildman–Crippen LogP) is 4.38. The molecule has 1 aliphatic heterocycles. The zero-order valence-electron chi connectivity index (χ0n) is 11.8. The average Bonchev–Trinajstić information content (AvgIpc) is 2.82. The van der Waals surface area contributed by atoms with Gasteiger partial charge in [0.05, 0.1) is 3.79 Å². The van der Waals surface area contributed by atoms with Gasteiger partial charge >= 0.3 is 0 Å². The van der Waals surface area contributed by atoms with Crippen LogP contribution in [0.1, 0.15) is 17.2 Å². The summed E-state index contributed by atoms with van der Waals surface area (Å²) in [5, 5.41) is 0.372. The van der Waals surface area contributed by atoms with Crippen LogP contribution in [-0.4, -0.2) is 31.6 Å². The summed E-state index contributed by atoms with van der Waals surface area (Å²) in [4.78, 5) is 0. The van der Waals surface area contributed by atoms with E-state index in [2.05, 4.69) is 28.1 Å². The van der Waals surface area contributed by atoms with E-state index < -0.39 is 10.0 Å². The Balaban J connectivity index is 1.75. The highest BCUT2D eigenvalue weighted by molar-refractivity contribution is 9.11. The highest BCUT2D eigenvalue weighted by Gasteiger charge is 2.29. The van der Waals surface area contributed by atoms with Crippen molar-refractivity contribution in [2.24, 2.45) is 0 Å². The van der Waals surface area contributed by atoms with Gasteiger partial charge < -0.3 is 0 Å². The van der Waals surface area contributed by atoms with Crippen LogP contribution in [0, 0.1) is 0 Å². The molecule has 3 nitrogen and oxygen atoms in total. The van der Waals surface area contributed by atoms with Gasteiger partial charge in [-0.05, 0) is 40.0 Å². The molecule has 118 valence electrons. The van der Waals surface area contributed by atoms with Crippen LogP contribution in [0.4, 0.5) is 0 Å². The van der Waals surface area contributed by atoms with Crippen LogP contribution in [0.25, 0.3) is 0 Å². The van der Waals surface area contributed by atoms with Crippen molar-refractivity contribution >= 4 is 49.1 Å². The van der Waals surface area contributed by atoms with Crippen molar-refractivity contribution in [1.29, 1.82) is 0 Å². The maximum Gasteiger partial charge on any atom is 0.252 e. The minimum Gasteiger partial charge on any atom is -0.206 e. The summed E-state index contributed by atoms with van der Waals surface area (Å²) in [5.74, 6) is 0.825. The molecule has 3 rings (SSSR count). The van der Waals surface area contributed by atoms with Gasteiger partial charge in [-0.25, -0.2) is 8.42 Å². The van der Waals surface area contributed by atoms with Gasteiger partial charge in [-0.3, -0.25) is 0 Å². The van der Waals surface area contributed by atoms with Gasteiger partial charge in [0.15, 0.2) is 0 Å². The van der Waals surface area contributed by atoms with Crippen LogP contribution in [-0.2, 0) is 10.0 Å². The number of rotatable bonds is 3. The molecule has 1 aliphatic rings. The summed E-state index contributed by atoms with van der Waals surface area (Å²) in [6.07, 6.45) is 0.848. The fraction of sp³-hybridized carbons (Fsp3) is 0.333. The number of sulfonamides is 1. The SMILES string of the molecule is O=S(=O)(c1ccc(Br)s1)N1CCSC(c2ccccc2)CC1. The fourth-order valence-corrected chi connectivity index (χ4v) is 7.46. The Labute approximate surface area is 147 Å². The Morgan fingerprint density at radius 3 is 2.55 bits per heavy atom. The first-order chi connectivity index (χ1) is 10.6. The van der Waals surface area contributed by atoms with E-state index in [9.17, 15) is 8.42 Å². The van der Waals surface area contributed by atoms with Crippen LogP contribution in [0.2, 0.25) is 0 Å². The molecule has 2 aromatic rings. The fourth-order valence-electron chi connectivity index (χ4n) is 2.49. The van der Waals surface area contributed by atoms with E-state index in [1.54, 1.807) is 16.4 Å². The number of hydrogen-bond acceptors (Lipinski definition) is 4. The molecular formula is C15H16BrNO2S3. The largest absolute Gasteiger partial charge is 0.252 e. The third-order valence-corrected chi connectivity index (χ3v) is 8.93. The van der Waals surface area contributed by atoms with E-state index in [1.165, 1.54) is 16.9 Å². The van der Waals surface area contributed by atoms with Gasteiger partial charge in [0, 0.05) is 24.1 Å². The highest BCUT2D eigenvalue weighted by atomic mass is 79.9. The molecule has 0 radical (unpaired) electrons. The molecule has 0 amide bonds. The van der Waals surface area contributed by atoms with Crippen molar-refractivity contribution in [3.05, 3.63) is 51.8 Å². The molecule has 1 atom stereocenters. The summed E-state index contributed by atoms with van der Waals surface area (Å²) in [5.41, 5.74) is 1.28. The van der Waals surface area contributed by atoms with Gasteiger partial charge in [0.1, 0.15) is 4.21 Å². The third kappa shape index (κ3) is 3.59. The minimum absolute atomic E-state index is 0.372. The lowest BCUT2D eigenvalue weighted by Crippen LogP contribution is -2.32. The molecular weight excluding hydrogens is 402 g/mol. The van der Waals surface area contributed by atoms with Gasteiger partial charge in [-0.1, -0.05) is 30.3 Å². The van der Waals surface area contributed by atoms with Crippen molar-refractivity contribution in [1.82, 2.24) is 4.31 Å². The summed E-state index contributed by atoms with van der Waals surface area (Å²) in [6.45, 7) is 1.15. The van der Waals surface area contributed by atoms with E-state index >= 15 is 0 Å². The molecule has 0 bridgehead atoms. The monoisotopic (exact) mass is 417 g/mol. The number of benzene rings is 1. The molecule has 22 heavy (non-hydrogen) atoms. The van der Waals surface area contributed by atoms with Crippen LogP contribution in [0.5, 0.6) is 0 Å². The highest BCUT2D eigenvalue weighted by Crippen LogP contribution is 2.36. The van der Waals surface area contributed by atoms with Gasteiger partial charge in [-0.15, -0.1) is 11.3 Å². The molecule has 1 aromatic carbocycles. The number of halogens is 1. The molecule has 1 saturated heterocycles. The van der Waals surface area contributed by atoms with E-state index in [-0.39, 0.29) is 0 Å². The number of thiophene rings is 1. The molecule has 0 saturated carbocycles. The lowest BCUT2D eigenvalue weighted by atomic mass is 10.1. The maximum absolute atomic E-state index is 12.7. The zero-order chi connectivity index (χ0) is 15.6. The van der Waals surface area contributed by atoms with E-state index in [0.29, 0.717) is 22.5 Å². The molecule has 1 fully saturated rings. The zero-order valence-corrected chi connectivity index (χ0v) is 15.8. The first kappa shape index (κ1) is 16.5. The average molecular weight is 418 g/mol. The quantitative estimate of drug-likeness (QED) is 0.743. The smallest absolute Gasteiger partial charge is 0.206 e. The minimum atomic E-state index is -3.36. The maximum atomic E-state index is 12.7. The molecule has 0 aliphatic carbocycles. The normalized spacial score (nSPS) is 20.7. The lowest BCUT2D eigenvalue weighted by Gasteiger charge is -2.19. The van der Waals surface area contributed by atoms with Crippen molar-refractivity contribution in [3.63, 3.8) is 0 Å². The first-order valence-corrected chi connectivity index (χ1v) is 11.1. The van der Waals surface area contributed by atoms with E-state index in [0.717, 1.165) is 16.0 Å². The summed E-state index contributed by atoms with van der Waals surface area (Å²) in [7, 11) is -3.36. The van der Waals surface area contributed by atoms with Crippen molar-refractivity contribution in [2.45, 2.75) is 15.9 Å². The Bertz CT molecular complexity index is 730. The van der Waals surface area contributed by atoms with Crippen LogP contribution in [0.15, 0.2) is 50.5 Å². The number of nitrogens with zero attached hydrogens (tertiary/aromatic N) is 1. The molecule has 2 heterocycles. The summed E-state index contributed by atoms with van der Waals surface area (Å²) in [6, 6.07) is 13.8. The summed E-state index contributed by atoms with van der Waals surface area (Å²) >= 11 is 6.45. The Kier molecular flexibility index (Phi) is 5.29. The number of thioether (sulfide) groups is 1. The molecule has 0 N–H and O–H groups in total. The molecule has 7 heteroatoms. The predicted molar refractivity (Wildman–Crippen MR) is 97.0 cm³/mol. The van der Waals surface area contributed by atoms with Crippen LogP contribution >= 0.6 is 39.0 Å². The first-order valence-electron chi connectivity index (χ1n) is 6.99. The second-order valence-electron chi connectivity index (χ2n) is 5.02. The van der Waals surface area contributed by atoms with Crippen molar-refractivity contribution in [2.75, 3.05) is 18.8 Å². The van der Waals surface area contributed by atoms with Gasteiger partial charge in [0.2, 0.25) is 0 Å². The Morgan fingerprint density at radius 2 is 1.86 bits per heavy atom. The van der Waals surface area contributed by atoms with E-state index in [4.69, 9.17) is 0 Å². The van der Waals surface area contributed by atoms with Crippen LogP contribution < -0.4 is 0 Å². The van der Waals surface area contributed by atoms with Crippen molar-refractivity contribution in [3.8, 4) is 0 Å². The molecule has 0 spiro atoms. The topological polar surface area (TPSA) is 37.4 Å². The third-order valence-electron chi connectivity index (χ3n) is 3.61. The van der Waals surface area contributed by atoms with Crippen LogP contribution in [0.3, 0.4) is 0 Å². The van der Waals surface area contributed by atoms with Crippen molar-refractivity contribution < 1.29 is 8.42 Å². The van der Waals surface area contributed by atoms with E-state index in [1.807, 2.05) is 30.0 Å². The van der Waals surface area contributed by atoms with Gasteiger partial charge in [-0.2, -0.15) is 16.1 Å². The molecule has 1 aromatic heterocycles. The van der Waals surface area contributed by atoms with Gasteiger partial charge in [0.25, 0.3) is 10.0 Å². The molecule has 1 unspecified atom stereocenters. The number of hydrogen-bond donors (Lipinski definition) is 0. The standard InChI is InChI=1S/C15H16BrNO2S3/c16-14-6-7-15(21-14)22(18,19)17-9-8-13(20-11-10-17)12-4-2-1-3-5-12/h1-7,13H,8-11H2.